The molecule has 2 aromatic rings. The van der Waals surface area contributed by atoms with Gasteiger partial charge in [-0.15, -0.1) is 0 Å². The summed E-state index contributed by atoms with van der Waals surface area (Å²) in [4.78, 5) is 23.8. The molecule has 2 rings (SSSR count). The lowest BCUT2D eigenvalue weighted by atomic mass is 10.0. The lowest BCUT2D eigenvalue weighted by Crippen LogP contribution is -2.33. The SMILES string of the molecule is N#C[C@@H](C(=O)/C=C/c1ccccc1)C(=O)NCc1ccco1. The van der Waals surface area contributed by atoms with E-state index < -0.39 is 17.6 Å². The molecule has 22 heavy (non-hydrogen) atoms. The maximum Gasteiger partial charge on any atom is 0.245 e. The highest BCUT2D eigenvalue weighted by Crippen LogP contribution is 2.06. The van der Waals surface area contributed by atoms with E-state index in [4.69, 9.17) is 9.68 Å². The Morgan fingerprint density at radius 2 is 2.00 bits per heavy atom. The third-order valence-corrected chi connectivity index (χ3v) is 2.93. The van der Waals surface area contributed by atoms with Gasteiger partial charge in [0.1, 0.15) is 5.76 Å². The number of nitrogens with zero attached hydrogens (tertiary/aromatic N) is 1. The number of benzene rings is 1. The fourth-order valence-corrected chi connectivity index (χ4v) is 1.78. The Labute approximate surface area is 127 Å². The number of hydrogen-bond acceptors (Lipinski definition) is 4. The minimum absolute atomic E-state index is 0.139. The highest BCUT2D eigenvalue weighted by molar-refractivity contribution is 6.10. The Morgan fingerprint density at radius 1 is 1.23 bits per heavy atom. The molecule has 0 unspecified atom stereocenters. The normalized spacial score (nSPS) is 11.8. The van der Waals surface area contributed by atoms with Crippen molar-refractivity contribution < 1.29 is 14.0 Å². The third-order valence-electron chi connectivity index (χ3n) is 2.93. The van der Waals surface area contributed by atoms with Gasteiger partial charge in [-0.1, -0.05) is 36.4 Å². The van der Waals surface area contributed by atoms with Gasteiger partial charge in [-0.3, -0.25) is 9.59 Å². The number of nitrogens with one attached hydrogen (secondary N) is 1. The van der Waals surface area contributed by atoms with Crippen molar-refractivity contribution in [3.8, 4) is 6.07 Å². The van der Waals surface area contributed by atoms with Gasteiger partial charge in [-0.05, 0) is 23.8 Å². The maximum atomic E-state index is 12.0. The van der Waals surface area contributed by atoms with Gasteiger partial charge in [0.25, 0.3) is 0 Å². The van der Waals surface area contributed by atoms with Crippen molar-refractivity contribution in [1.82, 2.24) is 5.32 Å². The van der Waals surface area contributed by atoms with Crippen LogP contribution in [0.15, 0.2) is 59.2 Å². The molecule has 0 radical (unpaired) electrons. The molecule has 0 fully saturated rings. The van der Waals surface area contributed by atoms with Gasteiger partial charge >= 0.3 is 0 Å². The first-order valence-electron chi connectivity index (χ1n) is 6.67. The van der Waals surface area contributed by atoms with Crippen LogP contribution in [0.2, 0.25) is 0 Å². The van der Waals surface area contributed by atoms with E-state index in [1.54, 1.807) is 24.3 Å². The summed E-state index contributed by atoms with van der Waals surface area (Å²) in [5.74, 6) is -2.00. The van der Waals surface area contributed by atoms with Gasteiger partial charge in [0, 0.05) is 0 Å². The van der Waals surface area contributed by atoms with E-state index in [0.717, 1.165) is 5.56 Å². The topological polar surface area (TPSA) is 83.1 Å². The van der Waals surface area contributed by atoms with Crippen molar-refractivity contribution in [1.29, 1.82) is 5.26 Å². The van der Waals surface area contributed by atoms with Crippen LogP contribution in [0.25, 0.3) is 6.08 Å². The van der Waals surface area contributed by atoms with Crippen molar-refractivity contribution in [2.24, 2.45) is 5.92 Å². The van der Waals surface area contributed by atoms with Crippen molar-refractivity contribution >= 4 is 17.8 Å². The van der Waals surface area contributed by atoms with E-state index in [9.17, 15) is 9.59 Å². The molecule has 1 atom stereocenters. The fraction of sp³-hybridized carbons (Fsp3) is 0.118. The van der Waals surface area contributed by atoms with Gasteiger partial charge < -0.3 is 9.73 Å². The predicted octanol–water partition coefficient (Wildman–Crippen LogP) is 2.32. The molecule has 5 nitrogen and oxygen atoms in total. The van der Waals surface area contributed by atoms with Gasteiger partial charge in [0.2, 0.25) is 5.91 Å². The van der Waals surface area contributed by atoms with E-state index in [1.165, 1.54) is 12.3 Å². The smallest absolute Gasteiger partial charge is 0.245 e. The molecular formula is C17H14N2O3. The van der Waals surface area contributed by atoms with E-state index in [-0.39, 0.29) is 6.54 Å². The van der Waals surface area contributed by atoms with E-state index in [2.05, 4.69) is 5.32 Å². The number of hydrogen-bond donors (Lipinski definition) is 1. The van der Waals surface area contributed by atoms with E-state index >= 15 is 0 Å². The molecule has 1 aromatic carbocycles. The highest BCUT2D eigenvalue weighted by atomic mass is 16.3. The molecule has 0 bridgehead atoms. The number of allylic oxidation sites excluding steroid dienone is 1. The standard InChI is InChI=1S/C17H14N2O3/c18-11-15(17(21)19-12-14-7-4-10-22-14)16(20)9-8-13-5-2-1-3-6-13/h1-10,15H,12H2,(H,19,21)/b9-8+/t15-/m0/s1. The molecule has 0 saturated heterocycles. The summed E-state index contributed by atoms with van der Waals surface area (Å²) >= 11 is 0. The summed E-state index contributed by atoms with van der Waals surface area (Å²) in [5.41, 5.74) is 0.823. The number of ketones is 1. The molecule has 1 N–H and O–H groups in total. The zero-order chi connectivity index (χ0) is 15.8. The lowest BCUT2D eigenvalue weighted by molar-refractivity contribution is -0.129. The molecule has 110 valence electrons. The van der Waals surface area contributed by atoms with Gasteiger partial charge in [0.05, 0.1) is 18.9 Å². The van der Waals surface area contributed by atoms with Crippen molar-refractivity contribution in [2.45, 2.75) is 6.54 Å². The number of nitriles is 1. The summed E-state index contributed by atoms with van der Waals surface area (Å²) in [5, 5.41) is 11.5. The zero-order valence-electron chi connectivity index (χ0n) is 11.7. The number of carbonyl (C=O) groups is 2. The van der Waals surface area contributed by atoms with Crippen LogP contribution in [0.4, 0.5) is 0 Å². The number of amides is 1. The molecule has 1 aromatic heterocycles. The molecule has 0 aliphatic carbocycles. The summed E-state index contributed by atoms with van der Waals surface area (Å²) in [7, 11) is 0. The first kappa shape index (κ1) is 15.3. The molecule has 1 heterocycles. The van der Waals surface area contributed by atoms with Crippen LogP contribution in [0.3, 0.4) is 0 Å². The first-order valence-corrected chi connectivity index (χ1v) is 6.67. The van der Waals surface area contributed by atoms with Gasteiger partial charge in [0.15, 0.2) is 11.7 Å². The van der Waals surface area contributed by atoms with Crippen LogP contribution < -0.4 is 5.32 Å². The second kappa shape index (κ2) is 7.60. The van der Waals surface area contributed by atoms with E-state index in [1.807, 2.05) is 30.3 Å². The van der Waals surface area contributed by atoms with E-state index in [0.29, 0.717) is 5.76 Å². The summed E-state index contributed by atoms with van der Waals surface area (Å²) in [6.45, 7) is 0.139. The molecule has 0 aliphatic rings. The quantitative estimate of drug-likeness (QED) is 0.654. The summed E-state index contributed by atoms with van der Waals surface area (Å²) < 4.78 is 5.07. The minimum Gasteiger partial charge on any atom is -0.467 e. The molecule has 0 spiro atoms. The number of furan rings is 1. The van der Waals surface area contributed by atoms with Crippen molar-refractivity contribution in [2.75, 3.05) is 0 Å². The Kier molecular flexibility index (Phi) is 5.27. The van der Waals surface area contributed by atoms with Crippen LogP contribution in [0.5, 0.6) is 0 Å². The first-order chi connectivity index (χ1) is 10.7. The average Bonchev–Trinajstić information content (AvgIpc) is 3.06. The highest BCUT2D eigenvalue weighted by Gasteiger charge is 2.24. The number of carbonyl (C=O) groups excluding carboxylic acids is 2. The van der Waals surface area contributed by atoms with Gasteiger partial charge in [-0.25, -0.2) is 0 Å². The Morgan fingerprint density at radius 3 is 2.64 bits per heavy atom. The average molecular weight is 294 g/mol. The number of rotatable bonds is 6. The van der Waals surface area contributed by atoms with Crippen LogP contribution in [-0.4, -0.2) is 11.7 Å². The molecule has 0 saturated carbocycles. The Bertz CT molecular complexity index is 697. The predicted molar refractivity (Wildman–Crippen MR) is 80.1 cm³/mol. The fourth-order valence-electron chi connectivity index (χ4n) is 1.78. The van der Waals surface area contributed by atoms with Crippen LogP contribution in [0, 0.1) is 17.2 Å². The van der Waals surface area contributed by atoms with Gasteiger partial charge in [-0.2, -0.15) is 5.26 Å². The Balaban J connectivity index is 1.95. The minimum atomic E-state index is -1.37. The summed E-state index contributed by atoms with van der Waals surface area (Å²) in [6.07, 6.45) is 4.30. The lowest BCUT2D eigenvalue weighted by Gasteiger charge is -2.06. The molecule has 0 aliphatic heterocycles. The van der Waals surface area contributed by atoms with Crippen LogP contribution in [-0.2, 0) is 16.1 Å². The zero-order valence-corrected chi connectivity index (χ0v) is 11.7. The second-order valence-electron chi connectivity index (χ2n) is 4.51. The largest absolute Gasteiger partial charge is 0.467 e. The second-order valence-corrected chi connectivity index (χ2v) is 4.51. The van der Waals surface area contributed by atoms with Crippen molar-refractivity contribution in [3.05, 3.63) is 66.1 Å². The monoisotopic (exact) mass is 294 g/mol. The van der Waals surface area contributed by atoms with Crippen molar-refractivity contribution in [3.63, 3.8) is 0 Å². The summed E-state index contributed by atoms with van der Waals surface area (Å²) in [6, 6.07) is 14.3. The Hall–Kier alpha value is -3.13. The van der Waals surface area contributed by atoms with Crippen LogP contribution in [0.1, 0.15) is 11.3 Å². The molecular weight excluding hydrogens is 280 g/mol. The maximum absolute atomic E-state index is 12.0. The van der Waals surface area contributed by atoms with Crippen LogP contribution >= 0.6 is 0 Å². The molecule has 5 heteroatoms. The third kappa shape index (κ3) is 4.18. The molecule has 1 amide bonds.